The van der Waals surface area contributed by atoms with E-state index in [2.05, 4.69) is 27.7 Å². The highest BCUT2D eigenvalue weighted by Gasteiger charge is 2.50. The van der Waals surface area contributed by atoms with E-state index in [0.29, 0.717) is 41.4 Å². The van der Waals surface area contributed by atoms with Gasteiger partial charge < -0.3 is 4.90 Å². The van der Waals surface area contributed by atoms with E-state index in [4.69, 9.17) is 23.2 Å². The van der Waals surface area contributed by atoms with Gasteiger partial charge in [-0.15, -0.1) is 0 Å². The molecule has 3 heterocycles. The van der Waals surface area contributed by atoms with E-state index in [-0.39, 0.29) is 17.4 Å². The maximum absolute atomic E-state index is 13.7. The van der Waals surface area contributed by atoms with Crippen LogP contribution in [-0.2, 0) is 10.2 Å². The summed E-state index contributed by atoms with van der Waals surface area (Å²) in [6.07, 6.45) is 5.98. The van der Waals surface area contributed by atoms with Gasteiger partial charge >= 0.3 is 0 Å². The number of amides is 1. The number of nitrogens with zero attached hydrogens (tertiary/aromatic N) is 3. The SMILES string of the molecule is CC(N1CCC1N1CCC(F)CC1)C1(c2ccc(Cl)c(Cl)c2)CCC(=O)N(CC2CC2)C1. The van der Waals surface area contributed by atoms with E-state index in [1.807, 2.05) is 12.1 Å². The van der Waals surface area contributed by atoms with Crippen molar-refractivity contribution in [2.75, 3.05) is 32.7 Å². The molecule has 0 spiro atoms. The number of piperidine rings is 2. The second-order valence-corrected chi connectivity index (χ2v) is 11.2. The van der Waals surface area contributed by atoms with Gasteiger partial charge in [0.25, 0.3) is 0 Å². The van der Waals surface area contributed by atoms with Crippen LogP contribution >= 0.6 is 23.2 Å². The second kappa shape index (κ2) is 9.05. The smallest absolute Gasteiger partial charge is 0.222 e. The van der Waals surface area contributed by atoms with E-state index >= 15 is 0 Å². The summed E-state index contributed by atoms with van der Waals surface area (Å²) in [5.41, 5.74) is 0.995. The fourth-order valence-corrected chi connectivity index (χ4v) is 6.42. The summed E-state index contributed by atoms with van der Waals surface area (Å²) < 4.78 is 13.7. The van der Waals surface area contributed by atoms with E-state index in [9.17, 15) is 9.18 Å². The molecule has 4 aliphatic rings. The lowest BCUT2D eigenvalue weighted by atomic mass is 9.67. The zero-order chi connectivity index (χ0) is 22.5. The highest BCUT2D eigenvalue weighted by atomic mass is 35.5. The van der Waals surface area contributed by atoms with Crippen molar-refractivity contribution in [3.8, 4) is 0 Å². The summed E-state index contributed by atoms with van der Waals surface area (Å²) in [7, 11) is 0. The molecule has 1 saturated carbocycles. The number of carbonyl (C=O) groups is 1. The zero-order valence-electron chi connectivity index (χ0n) is 18.9. The largest absolute Gasteiger partial charge is 0.341 e. The molecule has 1 aliphatic carbocycles. The normalized spacial score (nSPS) is 31.6. The maximum Gasteiger partial charge on any atom is 0.222 e. The third kappa shape index (κ3) is 4.31. The number of likely N-dealkylation sites (tertiary alicyclic amines) is 3. The van der Waals surface area contributed by atoms with Crippen molar-refractivity contribution in [2.24, 2.45) is 5.92 Å². The van der Waals surface area contributed by atoms with Crippen molar-refractivity contribution in [2.45, 2.75) is 75.7 Å². The fourth-order valence-electron chi connectivity index (χ4n) is 6.12. The average Bonchev–Trinajstić information content (AvgIpc) is 3.57. The van der Waals surface area contributed by atoms with Crippen molar-refractivity contribution in [1.29, 1.82) is 0 Å². The van der Waals surface area contributed by atoms with E-state index in [0.717, 1.165) is 45.6 Å². The Morgan fingerprint density at radius 1 is 1.09 bits per heavy atom. The van der Waals surface area contributed by atoms with Gasteiger partial charge in [-0.2, -0.15) is 0 Å². The molecule has 1 aromatic rings. The second-order valence-electron chi connectivity index (χ2n) is 10.4. The number of rotatable bonds is 6. The molecule has 3 aliphatic heterocycles. The maximum atomic E-state index is 13.7. The first-order chi connectivity index (χ1) is 15.4. The third-order valence-corrected chi connectivity index (χ3v) is 9.23. The van der Waals surface area contributed by atoms with Crippen LogP contribution in [0.3, 0.4) is 0 Å². The molecule has 176 valence electrons. The van der Waals surface area contributed by atoms with Crippen LogP contribution in [0.5, 0.6) is 0 Å². The topological polar surface area (TPSA) is 26.8 Å². The molecule has 4 fully saturated rings. The molecule has 0 radical (unpaired) electrons. The minimum Gasteiger partial charge on any atom is -0.341 e. The minimum absolute atomic E-state index is 0.186. The molecule has 5 rings (SSSR count). The van der Waals surface area contributed by atoms with Crippen LogP contribution in [0.2, 0.25) is 10.0 Å². The Hall–Kier alpha value is -0.880. The summed E-state index contributed by atoms with van der Waals surface area (Å²) in [6, 6.07) is 6.28. The molecular weight excluding hydrogens is 448 g/mol. The highest BCUT2D eigenvalue weighted by Crippen LogP contribution is 2.45. The first kappa shape index (κ1) is 22.9. The summed E-state index contributed by atoms with van der Waals surface area (Å²) in [4.78, 5) is 20.0. The van der Waals surface area contributed by atoms with Crippen molar-refractivity contribution in [1.82, 2.24) is 14.7 Å². The Bertz CT molecular complexity index is 858. The summed E-state index contributed by atoms with van der Waals surface area (Å²) in [5.74, 6) is 0.947. The number of hydrogen-bond acceptors (Lipinski definition) is 3. The fraction of sp³-hybridized carbons (Fsp3) is 0.720. The van der Waals surface area contributed by atoms with Crippen molar-refractivity contribution >= 4 is 29.1 Å². The lowest BCUT2D eigenvalue weighted by Gasteiger charge is -2.58. The van der Waals surface area contributed by atoms with E-state index < -0.39 is 6.17 Å². The molecule has 7 heteroatoms. The van der Waals surface area contributed by atoms with Crippen molar-refractivity contribution in [3.05, 3.63) is 33.8 Å². The zero-order valence-corrected chi connectivity index (χ0v) is 20.4. The van der Waals surface area contributed by atoms with Crippen LogP contribution in [0, 0.1) is 5.92 Å². The van der Waals surface area contributed by atoms with Crippen molar-refractivity contribution in [3.63, 3.8) is 0 Å². The van der Waals surface area contributed by atoms with E-state index in [1.165, 1.54) is 18.4 Å². The lowest BCUT2D eigenvalue weighted by molar-refractivity contribution is -0.140. The summed E-state index contributed by atoms with van der Waals surface area (Å²) >= 11 is 12.7. The number of alkyl halides is 1. The Morgan fingerprint density at radius 2 is 1.84 bits per heavy atom. The quantitative estimate of drug-likeness (QED) is 0.564. The molecule has 32 heavy (non-hydrogen) atoms. The van der Waals surface area contributed by atoms with Crippen molar-refractivity contribution < 1.29 is 9.18 Å². The van der Waals surface area contributed by atoms with Gasteiger partial charge in [0.05, 0.1) is 16.2 Å². The Labute approximate surface area is 201 Å². The average molecular weight is 482 g/mol. The van der Waals surface area contributed by atoms with Gasteiger partial charge in [-0.25, -0.2) is 4.39 Å². The molecule has 3 atom stereocenters. The molecule has 1 amide bonds. The predicted octanol–water partition coefficient (Wildman–Crippen LogP) is 5.12. The molecule has 0 bridgehead atoms. The minimum atomic E-state index is -0.653. The highest BCUT2D eigenvalue weighted by molar-refractivity contribution is 6.42. The molecular formula is C25H34Cl2FN3O. The molecule has 4 nitrogen and oxygen atoms in total. The van der Waals surface area contributed by atoms with Gasteiger partial charge in [-0.3, -0.25) is 14.6 Å². The number of halogens is 3. The van der Waals surface area contributed by atoms with Crippen LogP contribution in [0.4, 0.5) is 4.39 Å². The van der Waals surface area contributed by atoms with Crippen LogP contribution in [-0.4, -0.2) is 71.7 Å². The monoisotopic (exact) mass is 481 g/mol. The van der Waals surface area contributed by atoms with Gasteiger partial charge in [0.1, 0.15) is 6.17 Å². The molecule has 1 aromatic carbocycles. The molecule has 3 saturated heterocycles. The molecule has 0 N–H and O–H groups in total. The standard InChI is InChI=1S/C25H34Cl2FN3O/c1-17(31-13-9-23(31)29-11-7-20(28)8-12-29)25(19-4-5-21(26)22(27)14-19)10-6-24(32)30(16-25)15-18-2-3-18/h4-5,14,17-18,20,23H,2-3,6-13,15-16H2,1H3. The predicted molar refractivity (Wildman–Crippen MR) is 127 cm³/mol. The number of carbonyl (C=O) groups excluding carboxylic acids is 1. The Balaban J connectivity index is 1.44. The molecule has 0 aromatic heterocycles. The number of benzene rings is 1. The lowest BCUT2D eigenvalue weighted by Crippen LogP contribution is -2.68. The van der Waals surface area contributed by atoms with Crippen LogP contribution < -0.4 is 0 Å². The van der Waals surface area contributed by atoms with Crippen LogP contribution in [0.1, 0.15) is 57.4 Å². The molecule has 3 unspecified atom stereocenters. The number of hydrogen-bond donors (Lipinski definition) is 0. The summed E-state index contributed by atoms with van der Waals surface area (Å²) in [5, 5.41) is 1.14. The third-order valence-electron chi connectivity index (χ3n) is 8.49. The Morgan fingerprint density at radius 3 is 2.47 bits per heavy atom. The van der Waals surface area contributed by atoms with Gasteiger partial charge in [0.2, 0.25) is 5.91 Å². The van der Waals surface area contributed by atoms with E-state index in [1.54, 1.807) is 0 Å². The van der Waals surface area contributed by atoms with Gasteiger partial charge in [-0.1, -0.05) is 29.3 Å². The van der Waals surface area contributed by atoms with Gasteiger partial charge in [0, 0.05) is 50.6 Å². The van der Waals surface area contributed by atoms with Crippen LogP contribution in [0.15, 0.2) is 18.2 Å². The first-order valence-corrected chi connectivity index (χ1v) is 13.0. The van der Waals surface area contributed by atoms with Crippen LogP contribution in [0.25, 0.3) is 0 Å². The van der Waals surface area contributed by atoms with Gasteiger partial charge in [0.15, 0.2) is 0 Å². The first-order valence-electron chi connectivity index (χ1n) is 12.2. The Kier molecular flexibility index (Phi) is 6.47. The van der Waals surface area contributed by atoms with Gasteiger partial charge in [-0.05, 0) is 69.1 Å². The summed E-state index contributed by atoms with van der Waals surface area (Å²) in [6.45, 7) is 6.64.